The van der Waals surface area contributed by atoms with Crippen molar-refractivity contribution in [1.29, 1.82) is 0 Å². The summed E-state index contributed by atoms with van der Waals surface area (Å²) in [6, 6.07) is 8.38. The van der Waals surface area contributed by atoms with Gasteiger partial charge in [-0.2, -0.15) is 0 Å². The highest BCUT2D eigenvalue weighted by Gasteiger charge is 2.24. The Morgan fingerprint density at radius 2 is 1.56 bits per heavy atom. The van der Waals surface area contributed by atoms with Gasteiger partial charge in [-0.15, -0.1) is 0 Å². The van der Waals surface area contributed by atoms with Crippen LogP contribution in [0.4, 0.5) is 5.69 Å². The molecule has 0 spiro atoms. The summed E-state index contributed by atoms with van der Waals surface area (Å²) >= 11 is 0. The van der Waals surface area contributed by atoms with E-state index in [0.717, 1.165) is 11.3 Å². The molecular weight excluding hydrogens is 230 g/mol. The lowest BCUT2D eigenvalue weighted by molar-refractivity contribution is -0.175. The van der Waals surface area contributed by atoms with Crippen LogP contribution in [0.1, 0.15) is 25.5 Å². The van der Waals surface area contributed by atoms with Gasteiger partial charge < -0.3 is 19.5 Å². The zero-order chi connectivity index (χ0) is 13.5. The minimum atomic E-state index is -0.426. The molecule has 0 aliphatic heterocycles. The minimum Gasteiger partial charge on any atom is -0.383 e. The molecule has 18 heavy (non-hydrogen) atoms. The van der Waals surface area contributed by atoms with Crippen LogP contribution in [0.3, 0.4) is 0 Å². The van der Waals surface area contributed by atoms with Gasteiger partial charge >= 0.3 is 0 Å². The summed E-state index contributed by atoms with van der Waals surface area (Å²) in [5.41, 5.74) is 2.07. The maximum absolute atomic E-state index is 5.51. The molecule has 0 aliphatic carbocycles. The Bertz CT molecular complexity index is 351. The number of ether oxygens (including phenoxy) is 3. The monoisotopic (exact) mass is 253 g/mol. The third-order valence-corrected chi connectivity index (χ3v) is 2.68. The molecule has 1 rings (SSSR count). The molecule has 0 aromatic heterocycles. The molecule has 1 aromatic carbocycles. The van der Waals surface area contributed by atoms with Gasteiger partial charge in [0.25, 0.3) is 0 Å². The van der Waals surface area contributed by atoms with Crippen LogP contribution in [0.15, 0.2) is 24.3 Å². The van der Waals surface area contributed by atoms with Gasteiger partial charge in [0, 0.05) is 38.6 Å². The van der Waals surface area contributed by atoms with Crippen molar-refractivity contribution in [3.8, 4) is 0 Å². The van der Waals surface area contributed by atoms with E-state index in [4.69, 9.17) is 14.2 Å². The first kappa shape index (κ1) is 15.0. The van der Waals surface area contributed by atoms with E-state index in [-0.39, 0.29) is 6.10 Å². The molecule has 0 aliphatic rings. The number of methoxy groups -OCH3 is 3. The fraction of sp³-hybridized carbons (Fsp3) is 0.571. The van der Waals surface area contributed by atoms with E-state index in [1.54, 1.807) is 21.3 Å². The number of rotatable bonds is 7. The van der Waals surface area contributed by atoms with Crippen molar-refractivity contribution in [2.45, 2.75) is 32.3 Å². The van der Waals surface area contributed by atoms with E-state index in [0.29, 0.717) is 6.04 Å². The lowest BCUT2D eigenvalue weighted by Gasteiger charge is -2.26. The van der Waals surface area contributed by atoms with Gasteiger partial charge in [0.15, 0.2) is 6.29 Å². The number of hydrogen-bond donors (Lipinski definition) is 1. The highest BCUT2D eigenvalue weighted by atomic mass is 16.7. The van der Waals surface area contributed by atoms with Gasteiger partial charge in [-0.1, -0.05) is 18.2 Å². The molecule has 1 atom stereocenters. The molecule has 0 saturated heterocycles. The molecule has 1 N–H and O–H groups in total. The van der Waals surface area contributed by atoms with Gasteiger partial charge in [-0.25, -0.2) is 0 Å². The van der Waals surface area contributed by atoms with Crippen LogP contribution in [0, 0.1) is 0 Å². The summed E-state index contributed by atoms with van der Waals surface area (Å²) in [6.07, 6.45) is -0.687. The van der Waals surface area contributed by atoms with Gasteiger partial charge in [-0.3, -0.25) is 0 Å². The molecule has 1 unspecified atom stereocenters. The second-order valence-corrected chi connectivity index (χ2v) is 4.38. The van der Waals surface area contributed by atoms with Crippen LogP contribution >= 0.6 is 0 Å². The third-order valence-electron chi connectivity index (χ3n) is 2.68. The molecular formula is C14H23NO3. The van der Waals surface area contributed by atoms with Crippen LogP contribution in [0.5, 0.6) is 0 Å². The van der Waals surface area contributed by atoms with Gasteiger partial charge in [0.1, 0.15) is 6.10 Å². The lowest BCUT2D eigenvalue weighted by atomic mass is 10.1. The summed E-state index contributed by atoms with van der Waals surface area (Å²) in [5.74, 6) is 0. The van der Waals surface area contributed by atoms with Crippen molar-refractivity contribution in [1.82, 2.24) is 0 Å². The predicted molar refractivity (Wildman–Crippen MR) is 72.8 cm³/mol. The van der Waals surface area contributed by atoms with Crippen LogP contribution in [0.25, 0.3) is 0 Å². The van der Waals surface area contributed by atoms with E-state index in [1.165, 1.54) is 0 Å². The molecule has 4 heteroatoms. The predicted octanol–water partition coefficient (Wildman–Crippen LogP) is 2.81. The van der Waals surface area contributed by atoms with E-state index in [2.05, 4.69) is 19.2 Å². The third kappa shape index (κ3) is 3.70. The van der Waals surface area contributed by atoms with Crippen LogP contribution in [-0.2, 0) is 14.2 Å². The van der Waals surface area contributed by atoms with Crippen LogP contribution in [0.2, 0.25) is 0 Å². The quantitative estimate of drug-likeness (QED) is 0.758. The average Bonchev–Trinajstić information content (AvgIpc) is 2.36. The molecule has 0 heterocycles. The minimum absolute atomic E-state index is 0.262. The Kier molecular flexibility index (Phi) is 6.12. The Labute approximate surface area is 109 Å². The fourth-order valence-corrected chi connectivity index (χ4v) is 1.92. The SMILES string of the molecule is COC(OC)C(OC)c1ccccc1NC(C)C. The molecule has 0 amide bonds. The number of hydrogen-bond acceptors (Lipinski definition) is 4. The molecule has 0 fully saturated rings. The van der Waals surface area contributed by atoms with Crippen molar-refractivity contribution < 1.29 is 14.2 Å². The molecule has 0 radical (unpaired) electrons. The van der Waals surface area contributed by atoms with E-state index in [1.807, 2.05) is 24.3 Å². The lowest BCUT2D eigenvalue weighted by Crippen LogP contribution is -2.26. The topological polar surface area (TPSA) is 39.7 Å². The van der Waals surface area contributed by atoms with Crippen molar-refractivity contribution in [3.05, 3.63) is 29.8 Å². The average molecular weight is 253 g/mol. The normalized spacial score (nSPS) is 13.1. The van der Waals surface area contributed by atoms with Gasteiger partial charge in [0.05, 0.1) is 0 Å². The van der Waals surface area contributed by atoms with Crippen LogP contribution in [-0.4, -0.2) is 33.7 Å². The molecule has 102 valence electrons. The molecule has 1 aromatic rings. The Balaban J connectivity index is 3.04. The van der Waals surface area contributed by atoms with Gasteiger partial charge in [0.2, 0.25) is 0 Å². The van der Waals surface area contributed by atoms with Crippen molar-refractivity contribution >= 4 is 5.69 Å². The molecule has 0 bridgehead atoms. The van der Waals surface area contributed by atoms with Crippen LogP contribution < -0.4 is 5.32 Å². The second kappa shape index (κ2) is 7.36. The number of anilines is 1. The smallest absolute Gasteiger partial charge is 0.187 e. The fourth-order valence-electron chi connectivity index (χ4n) is 1.92. The van der Waals surface area contributed by atoms with Crippen molar-refractivity contribution in [2.24, 2.45) is 0 Å². The molecule has 0 saturated carbocycles. The van der Waals surface area contributed by atoms with Crippen molar-refractivity contribution in [3.63, 3.8) is 0 Å². The summed E-state index contributed by atoms with van der Waals surface area (Å²) in [4.78, 5) is 0. The summed E-state index contributed by atoms with van der Waals surface area (Å²) in [7, 11) is 4.87. The summed E-state index contributed by atoms with van der Waals surface area (Å²) in [5, 5.41) is 3.40. The number of nitrogens with one attached hydrogen (secondary N) is 1. The summed E-state index contributed by atoms with van der Waals surface area (Å²) < 4.78 is 16.1. The van der Waals surface area contributed by atoms with E-state index in [9.17, 15) is 0 Å². The second-order valence-electron chi connectivity index (χ2n) is 4.38. The standard InChI is InChI=1S/C14H23NO3/c1-10(2)15-12-9-7-6-8-11(12)13(16-3)14(17-4)18-5/h6-10,13-15H,1-5H3. The summed E-state index contributed by atoms with van der Waals surface area (Å²) in [6.45, 7) is 4.20. The first-order valence-corrected chi connectivity index (χ1v) is 6.07. The largest absolute Gasteiger partial charge is 0.383 e. The van der Waals surface area contributed by atoms with E-state index < -0.39 is 6.29 Å². The highest BCUT2D eigenvalue weighted by molar-refractivity contribution is 5.53. The number of para-hydroxylation sites is 1. The number of benzene rings is 1. The maximum atomic E-state index is 5.51. The maximum Gasteiger partial charge on any atom is 0.187 e. The zero-order valence-corrected chi connectivity index (χ0v) is 11.8. The first-order valence-electron chi connectivity index (χ1n) is 6.07. The Morgan fingerprint density at radius 1 is 0.944 bits per heavy atom. The Morgan fingerprint density at radius 3 is 2.06 bits per heavy atom. The van der Waals surface area contributed by atoms with Crippen molar-refractivity contribution in [2.75, 3.05) is 26.6 Å². The van der Waals surface area contributed by atoms with E-state index >= 15 is 0 Å². The Hall–Kier alpha value is -1.10. The van der Waals surface area contributed by atoms with Gasteiger partial charge in [-0.05, 0) is 19.9 Å². The first-order chi connectivity index (χ1) is 8.63. The highest BCUT2D eigenvalue weighted by Crippen LogP contribution is 2.29. The zero-order valence-electron chi connectivity index (χ0n) is 11.8. The molecule has 4 nitrogen and oxygen atoms in total.